The molecule has 0 radical (unpaired) electrons. The maximum absolute atomic E-state index is 11.8. The lowest BCUT2D eigenvalue weighted by Gasteiger charge is -2.15. The van der Waals surface area contributed by atoms with Crippen LogP contribution in [0.4, 0.5) is 4.79 Å². The fraction of sp³-hybridized carbons (Fsp3) is 0.235. The van der Waals surface area contributed by atoms with Gasteiger partial charge in [-0.25, -0.2) is 4.79 Å². The Labute approximate surface area is 130 Å². The fourth-order valence-corrected chi connectivity index (χ4v) is 2.30. The second kappa shape index (κ2) is 7.70. The topological polar surface area (TPSA) is 41.1 Å². The lowest BCUT2D eigenvalue weighted by Crippen LogP contribution is -2.38. The zero-order chi connectivity index (χ0) is 15.1. The minimum Gasteiger partial charge on any atom is -0.338 e. The SMILES string of the molecule is CC(NC(=O)NCCc1cccc(Cl)c1)c1ccccc1. The van der Waals surface area contributed by atoms with Gasteiger partial charge in [0.25, 0.3) is 0 Å². The first-order chi connectivity index (χ1) is 10.1. The number of carbonyl (C=O) groups is 1. The van der Waals surface area contributed by atoms with Crippen LogP contribution in [0.25, 0.3) is 0 Å². The molecule has 0 aromatic heterocycles. The highest BCUT2D eigenvalue weighted by Crippen LogP contribution is 2.11. The van der Waals surface area contributed by atoms with Crippen LogP contribution in [0.3, 0.4) is 0 Å². The molecule has 2 amide bonds. The number of halogens is 1. The molecular weight excluding hydrogens is 284 g/mol. The molecule has 1 unspecified atom stereocenters. The molecule has 2 aromatic carbocycles. The van der Waals surface area contributed by atoms with Gasteiger partial charge >= 0.3 is 6.03 Å². The van der Waals surface area contributed by atoms with Gasteiger partial charge in [0.15, 0.2) is 0 Å². The van der Waals surface area contributed by atoms with E-state index in [4.69, 9.17) is 11.6 Å². The lowest BCUT2D eigenvalue weighted by atomic mass is 10.1. The molecule has 3 nitrogen and oxygen atoms in total. The summed E-state index contributed by atoms with van der Waals surface area (Å²) in [6, 6.07) is 17.4. The van der Waals surface area contributed by atoms with Gasteiger partial charge in [-0.2, -0.15) is 0 Å². The van der Waals surface area contributed by atoms with E-state index in [1.807, 2.05) is 61.5 Å². The number of carbonyl (C=O) groups excluding carboxylic acids is 1. The predicted molar refractivity (Wildman–Crippen MR) is 86.5 cm³/mol. The average molecular weight is 303 g/mol. The van der Waals surface area contributed by atoms with Gasteiger partial charge in [-0.3, -0.25) is 0 Å². The van der Waals surface area contributed by atoms with Crippen LogP contribution in [0.15, 0.2) is 54.6 Å². The normalized spacial score (nSPS) is 11.7. The lowest BCUT2D eigenvalue weighted by molar-refractivity contribution is 0.238. The first kappa shape index (κ1) is 15.4. The summed E-state index contributed by atoms with van der Waals surface area (Å²) in [6.07, 6.45) is 0.758. The zero-order valence-electron chi connectivity index (χ0n) is 12.0. The van der Waals surface area contributed by atoms with Gasteiger partial charge in [-0.15, -0.1) is 0 Å². The maximum Gasteiger partial charge on any atom is 0.315 e. The second-order valence-electron chi connectivity index (χ2n) is 4.91. The number of hydrogen-bond acceptors (Lipinski definition) is 1. The van der Waals surface area contributed by atoms with E-state index >= 15 is 0 Å². The van der Waals surface area contributed by atoms with Gasteiger partial charge in [-0.1, -0.05) is 54.1 Å². The minimum atomic E-state index is -0.159. The summed E-state index contributed by atoms with van der Waals surface area (Å²) in [4.78, 5) is 11.8. The number of nitrogens with one attached hydrogen (secondary N) is 2. The van der Waals surface area contributed by atoms with Crippen molar-refractivity contribution in [2.75, 3.05) is 6.54 Å². The van der Waals surface area contributed by atoms with E-state index in [-0.39, 0.29) is 12.1 Å². The quantitative estimate of drug-likeness (QED) is 0.863. The van der Waals surface area contributed by atoms with E-state index in [1.165, 1.54) is 0 Å². The molecule has 0 aliphatic heterocycles. The Hall–Kier alpha value is -2.00. The molecule has 21 heavy (non-hydrogen) atoms. The van der Waals surface area contributed by atoms with E-state index in [0.717, 1.165) is 22.6 Å². The number of amides is 2. The van der Waals surface area contributed by atoms with Crippen molar-refractivity contribution < 1.29 is 4.79 Å². The molecule has 0 saturated carbocycles. The highest BCUT2D eigenvalue weighted by molar-refractivity contribution is 6.30. The summed E-state index contributed by atoms with van der Waals surface area (Å²) in [5.74, 6) is 0. The van der Waals surface area contributed by atoms with Crippen LogP contribution in [-0.4, -0.2) is 12.6 Å². The van der Waals surface area contributed by atoms with E-state index in [2.05, 4.69) is 10.6 Å². The van der Waals surface area contributed by atoms with Crippen LogP contribution in [0, 0.1) is 0 Å². The summed E-state index contributed by atoms with van der Waals surface area (Å²) in [7, 11) is 0. The zero-order valence-corrected chi connectivity index (χ0v) is 12.7. The van der Waals surface area contributed by atoms with E-state index < -0.39 is 0 Å². The predicted octanol–water partition coefficient (Wildman–Crippen LogP) is 3.94. The van der Waals surface area contributed by atoms with Crippen molar-refractivity contribution in [3.05, 3.63) is 70.7 Å². The van der Waals surface area contributed by atoms with Gasteiger partial charge in [0.2, 0.25) is 0 Å². The Kier molecular flexibility index (Phi) is 5.64. The largest absolute Gasteiger partial charge is 0.338 e. The molecule has 0 spiro atoms. The Morgan fingerprint density at radius 1 is 1.14 bits per heavy atom. The van der Waals surface area contributed by atoms with E-state index in [0.29, 0.717) is 6.54 Å². The van der Waals surface area contributed by atoms with Crippen LogP contribution < -0.4 is 10.6 Å². The third kappa shape index (κ3) is 5.12. The number of hydrogen-bond donors (Lipinski definition) is 2. The highest BCUT2D eigenvalue weighted by atomic mass is 35.5. The van der Waals surface area contributed by atoms with Crippen LogP contribution in [0.5, 0.6) is 0 Å². The minimum absolute atomic E-state index is 0.0163. The van der Waals surface area contributed by atoms with Crippen molar-refractivity contribution in [1.29, 1.82) is 0 Å². The highest BCUT2D eigenvalue weighted by Gasteiger charge is 2.08. The maximum atomic E-state index is 11.8. The summed E-state index contributed by atoms with van der Waals surface area (Å²) in [6.45, 7) is 2.54. The van der Waals surface area contributed by atoms with Crippen molar-refractivity contribution in [2.45, 2.75) is 19.4 Å². The smallest absolute Gasteiger partial charge is 0.315 e. The molecule has 0 saturated heterocycles. The number of rotatable bonds is 5. The molecule has 2 N–H and O–H groups in total. The van der Waals surface area contributed by atoms with Crippen LogP contribution in [-0.2, 0) is 6.42 Å². The molecule has 0 fully saturated rings. The number of urea groups is 1. The van der Waals surface area contributed by atoms with Gasteiger partial charge in [0, 0.05) is 11.6 Å². The molecule has 0 heterocycles. The Morgan fingerprint density at radius 2 is 1.90 bits per heavy atom. The van der Waals surface area contributed by atoms with Crippen LogP contribution in [0.1, 0.15) is 24.1 Å². The molecule has 1 atom stereocenters. The molecule has 0 aliphatic carbocycles. The summed E-state index contributed by atoms with van der Waals surface area (Å²) >= 11 is 5.92. The molecule has 4 heteroatoms. The second-order valence-corrected chi connectivity index (χ2v) is 5.35. The molecular formula is C17H19ClN2O. The van der Waals surface area contributed by atoms with Gasteiger partial charge in [-0.05, 0) is 36.6 Å². The summed E-state index contributed by atoms with van der Waals surface area (Å²) in [5.41, 5.74) is 2.20. The van der Waals surface area contributed by atoms with Crippen molar-refractivity contribution in [3.63, 3.8) is 0 Å². The molecule has 110 valence electrons. The van der Waals surface area contributed by atoms with Crippen molar-refractivity contribution in [1.82, 2.24) is 10.6 Å². The standard InChI is InChI=1S/C17H19ClN2O/c1-13(15-7-3-2-4-8-15)20-17(21)19-11-10-14-6-5-9-16(18)12-14/h2-9,12-13H,10-11H2,1H3,(H2,19,20,21). The van der Waals surface area contributed by atoms with Crippen LogP contribution >= 0.6 is 11.6 Å². The first-order valence-electron chi connectivity index (χ1n) is 6.99. The number of benzene rings is 2. The van der Waals surface area contributed by atoms with Gasteiger partial charge in [0.05, 0.1) is 6.04 Å². The molecule has 0 bridgehead atoms. The van der Waals surface area contributed by atoms with Crippen molar-refractivity contribution in [2.24, 2.45) is 0 Å². The Balaban J connectivity index is 1.75. The Bertz CT molecular complexity index is 586. The average Bonchev–Trinajstić information content (AvgIpc) is 2.48. The van der Waals surface area contributed by atoms with Crippen molar-refractivity contribution in [3.8, 4) is 0 Å². The molecule has 2 aromatic rings. The molecule has 0 aliphatic rings. The summed E-state index contributed by atoms with van der Waals surface area (Å²) < 4.78 is 0. The first-order valence-corrected chi connectivity index (χ1v) is 7.36. The van der Waals surface area contributed by atoms with Gasteiger partial charge in [0.1, 0.15) is 0 Å². The van der Waals surface area contributed by atoms with E-state index in [9.17, 15) is 4.79 Å². The van der Waals surface area contributed by atoms with E-state index in [1.54, 1.807) is 0 Å². The third-order valence-corrected chi connectivity index (χ3v) is 3.47. The molecule has 2 rings (SSSR count). The fourth-order valence-electron chi connectivity index (χ4n) is 2.09. The third-order valence-electron chi connectivity index (χ3n) is 3.24. The Morgan fingerprint density at radius 3 is 2.62 bits per heavy atom. The van der Waals surface area contributed by atoms with Crippen LogP contribution in [0.2, 0.25) is 5.02 Å². The van der Waals surface area contributed by atoms with Gasteiger partial charge < -0.3 is 10.6 Å². The monoisotopic (exact) mass is 302 g/mol. The summed E-state index contributed by atoms with van der Waals surface area (Å²) in [5, 5.41) is 6.49. The van der Waals surface area contributed by atoms with Crippen molar-refractivity contribution >= 4 is 17.6 Å².